The van der Waals surface area contributed by atoms with E-state index in [9.17, 15) is 12.8 Å². The first-order chi connectivity index (χ1) is 12.8. The van der Waals surface area contributed by atoms with Crippen molar-refractivity contribution in [3.63, 3.8) is 0 Å². The van der Waals surface area contributed by atoms with Gasteiger partial charge in [-0.1, -0.05) is 17.3 Å². The van der Waals surface area contributed by atoms with Gasteiger partial charge in [0.1, 0.15) is 11.6 Å². The fraction of sp³-hybridized carbons (Fsp3) is 0.222. The summed E-state index contributed by atoms with van der Waals surface area (Å²) in [6.45, 7) is 1.39. The molecule has 0 amide bonds. The molecule has 142 valence electrons. The van der Waals surface area contributed by atoms with Crippen molar-refractivity contribution >= 4 is 10.0 Å². The first kappa shape index (κ1) is 19.0. The van der Waals surface area contributed by atoms with Crippen LogP contribution in [-0.4, -0.2) is 37.0 Å². The minimum absolute atomic E-state index is 0.00330. The van der Waals surface area contributed by atoms with Gasteiger partial charge < -0.3 is 9.26 Å². The van der Waals surface area contributed by atoms with Crippen molar-refractivity contribution in [3.05, 3.63) is 59.7 Å². The number of hydrogen-bond acceptors (Lipinski definition) is 6. The van der Waals surface area contributed by atoms with Gasteiger partial charge in [-0.25, -0.2) is 12.8 Å². The van der Waals surface area contributed by atoms with E-state index < -0.39 is 15.8 Å². The molecular formula is C18H18FN3O4S. The second-order valence-corrected chi connectivity index (χ2v) is 7.96. The molecule has 0 spiro atoms. The number of rotatable bonds is 6. The topological polar surface area (TPSA) is 85.5 Å². The highest BCUT2D eigenvalue weighted by Crippen LogP contribution is 2.23. The van der Waals surface area contributed by atoms with Gasteiger partial charge in [0.2, 0.25) is 21.7 Å². The fourth-order valence-corrected chi connectivity index (χ4v) is 3.64. The number of ether oxygens (including phenoxy) is 1. The summed E-state index contributed by atoms with van der Waals surface area (Å²) < 4.78 is 50.1. The average Bonchev–Trinajstić information content (AvgIpc) is 3.12. The number of nitrogens with zero attached hydrogens (tertiary/aromatic N) is 3. The molecule has 3 rings (SSSR count). The zero-order valence-electron chi connectivity index (χ0n) is 15.0. The van der Waals surface area contributed by atoms with Crippen molar-refractivity contribution in [2.75, 3.05) is 14.2 Å². The zero-order valence-corrected chi connectivity index (χ0v) is 15.8. The molecule has 0 radical (unpaired) electrons. The number of hydrogen-bond donors (Lipinski definition) is 0. The molecule has 27 heavy (non-hydrogen) atoms. The Morgan fingerprint density at radius 1 is 1.22 bits per heavy atom. The highest BCUT2D eigenvalue weighted by Gasteiger charge is 2.24. The van der Waals surface area contributed by atoms with Crippen LogP contribution in [-0.2, 0) is 16.6 Å². The maximum absolute atomic E-state index is 13.4. The van der Waals surface area contributed by atoms with Crippen molar-refractivity contribution in [2.24, 2.45) is 0 Å². The van der Waals surface area contributed by atoms with Crippen LogP contribution in [0.2, 0.25) is 0 Å². The van der Waals surface area contributed by atoms with E-state index in [1.54, 1.807) is 31.4 Å². The Labute approximate surface area is 156 Å². The second kappa shape index (κ2) is 7.45. The van der Waals surface area contributed by atoms with Crippen LogP contribution < -0.4 is 4.74 Å². The Kier molecular flexibility index (Phi) is 5.24. The Hall–Kier alpha value is -2.78. The molecule has 0 aliphatic carbocycles. The van der Waals surface area contributed by atoms with E-state index >= 15 is 0 Å². The van der Waals surface area contributed by atoms with E-state index in [4.69, 9.17) is 9.26 Å². The van der Waals surface area contributed by atoms with Gasteiger partial charge in [0.15, 0.2) is 0 Å². The Bertz CT molecular complexity index is 1070. The zero-order chi connectivity index (χ0) is 19.6. The van der Waals surface area contributed by atoms with Crippen LogP contribution in [0.15, 0.2) is 51.9 Å². The molecule has 0 saturated heterocycles. The molecule has 0 aliphatic heterocycles. The van der Waals surface area contributed by atoms with Gasteiger partial charge in [-0.05, 0) is 42.8 Å². The molecule has 9 heteroatoms. The first-order valence-corrected chi connectivity index (χ1v) is 9.45. The average molecular weight is 391 g/mol. The standard InChI is InChI=1S/C18H18FN3O4S/c1-12-9-15(7-8-16(12)19)27(23,24)22(2)11-17-20-18(21-26-17)13-5-4-6-14(10-13)25-3/h4-10H,11H2,1-3H3. The molecule has 0 N–H and O–H groups in total. The minimum Gasteiger partial charge on any atom is -0.497 e. The third-order valence-corrected chi connectivity index (χ3v) is 5.79. The Morgan fingerprint density at radius 3 is 2.70 bits per heavy atom. The summed E-state index contributed by atoms with van der Waals surface area (Å²) in [7, 11) is -0.878. The summed E-state index contributed by atoms with van der Waals surface area (Å²) >= 11 is 0. The van der Waals surface area contributed by atoms with Gasteiger partial charge in [0.25, 0.3) is 0 Å². The normalized spacial score (nSPS) is 11.7. The van der Waals surface area contributed by atoms with Crippen molar-refractivity contribution in [1.82, 2.24) is 14.4 Å². The molecule has 2 aromatic carbocycles. The third kappa shape index (κ3) is 3.99. The summed E-state index contributed by atoms with van der Waals surface area (Å²) in [5, 5.41) is 3.88. The lowest BCUT2D eigenvalue weighted by Crippen LogP contribution is -2.26. The van der Waals surface area contributed by atoms with E-state index in [2.05, 4.69) is 10.1 Å². The molecule has 3 aromatic rings. The Morgan fingerprint density at radius 2 is 2.00 bits per heavy atom. The molecule has 0 saturated carbocycles. The number of methoxy groups -OCH3 is 1. The highest BCUT2D eigenvalue weighted by molar-refractivity contribution is 7.89. The van der Waals surface area contributed by atoms with Gasteiger partial charge in [-0.2, -0.15) is 9.29 Å². The number of aryl methyl sites for hydroxylation is 1. The Balaban J connectivity index is 1.80. The number of sulfonamides is 1. The molecule has 7 nitrogen and oxygen atoms in total. The smallest absolute Gasteiger partial charge is 0.243 e. The van der Waals surface area contributed by atoms with Gasteiger partial charge in [-0.3, -0.25) is 0 Å². The molecule has 0 fully saturated rings. The van der Waals surface area contributed by atoms with Crippen LogP contribution >= 0.6 is 0 Å². The molecule has 0 aliphatic rings. The molecular weight excluding hydrogens is 373 g/mol. The lowest BCUT2D eigenvalue weighted by atomic mass is 10.2. The monoisotopic (exact) mass is 391 g/mol. The van der Waals surface area contributed by atoms with Crippen LogP contribution in [0.5, 0.6) is 5.75 Å². The quantitative estimate of drug-likeness (QED) is 0.642. The SMILES string of the molecule is COc1cccc(-c2noc(CN(C)S(=O)(=O)c3ccc(F)c(C)c3)n2)c1. The first-order valence-electron chi connectivity index (χ1n) is 8.01. The summed E-state index contributed by atoms with van der Waals surface area (Å²) in [5.74, 6) is 0.645. The lowest BCUT2D eigenvalue weighted by Gasteiger charge is -2.15. The van der Waals surface area contributed by atoms with Crippen molar-refractivity contribution < 1.29 is 22.1 Å². The second-order valence-electron chi connectivity index (χ2n) is 5.92. The number of halogens is 1. The van der Waals surface area contributed by atoms with Crippen molar-refractivity contribution in [2.45, 2.75) is 18.4 Å². The predicted octanol–water partition coefficient (Wildman–Crippen LogP) is 3.01. The summed E-state index contributed by atoms with van der Waals surface area (Å²) in [5.41, 5.74) is 0.937. The van der Waals surface area contributed by atoms with E-state index in [0.717, 1.165) is 10.4 Å². The molecule has 0 bridgehead atoms. The van der Waals surface area contributed by atoms with Crippen molar-refractivity contribution in [1.29, 1.82) is 0 Å². The van der Waals surface area contributed by atoms with Gasteiger partial charge in [0, 0.05) is 12.6 Å². The molecule has 0 unspecified atom stereocenters. The highest BCUT2D eigenvalue weighted by atomic mass is 32.2. The van der Waals surface area contributed by atoms with Crippen LogP contribution in [0.25, 0.3) is 11.4 Å². The van der Waals surface area contributed by atoms with E-state index in [0.29, 0.717) is 17.1 Å². The fourth-order valence-electron chi connectivity index (χ4n) is 2.43. The predicted molar refractivity (Wildman–Crippen MR) is 96.1 cm³/mol. The van der Waals surface area contributed by atoms with E-state index in [1.165, 1.54) is 26.1 Å². The largest absolute Gasteiger partial charge is 0.497 e. The van der Waals surface area contributed by atoms with Crippen LogP contribution in [0.3, 0.4) is 0 Å². The number of aromatic nitrogens is 2. The number of benzene rings is 2. The van der Waals surface area contributed by atoms with E-state index in [-0.39, 0.29) is 22.9 Å². The lowest BCUT2D eigenvalue weighted by molar-refractivity contribution is 0.336. The van der Waals surface area contributed by atoms with Crippen LogP contribution in [0.4, 0.5) is 4.39 Å². The van der Waals surface area contributed by atoms with Crippen LogP contribution in [0, 0.1) is 12.7 Å². The van der Waals surface area contributed by atoms with Crippen LogP contribution in [0.1, 0.15) is 11.5 Å². The molecule has 0 atom stereocenters. The summed E-state index contributed by atoms with van der Waals surface area (Å²) in [6, 6.07) is 10.8. The van der Waals surface area contributed by atoms with E-state index in [1.807, 2.05) is 0 Å². The van der Waals surface area contributed by atoms with Gasteiger partial charge in [0.05, 0.1) is 18.6 Å². The molecule has 1 aromatic heterocycles. The maximum Gasteiger partial charge on any atom is 0.243 e. The maximum atomic E-state index is 13.4. The molecule has 1 heterocycles. The summed E-state index contributed by atoms with van der Waals surface area (Å²) in [4.78, 5) is 4.23. The summed E-state index contributed by atoms with van der Waals surface area (Å²) in [6.07, 6.45) is 0. The van der Waals surface area contributed by atoms with Crippen molar-refractivity contribution in [3.8, 4) is 17.1 Å². The minimum atomic E-state index is -3.82. The third-order valence-electron chi connectivity index (χ3n) is 3.99. The van der Waals surface area contributed by atoms with Gasteiger partial charge in [-0.15, -0.1) is 0 Å². The van der Waals surface area contributed by atoms with Gasteiger partial charge >= 0.3 is 0 Å².